The van der Waals surface area contributed by atoms with Gasteiger partial charge in [-0.05, 0) is 56.0 Å². The van der Waals surface area contributed by atoms with Crippen molar-refractivity contribution in [2.75, 3.05) is 20.1 Å². The molecule has 0 aromatic heterocycles. The van der Waals surface area contributed by atoms with Gasteiger partial charge in [-0.2, -0.15) is 0 Å². The largest absolute Gasteiger partial charge is 0.330 e. The van der Waals surface area contributed by atoms with Gasteiger partial charge < -0.3 is 5.73 Å². The van der Waals surface area contributed by atoms with Crippen LogP contribution in [0.1, 0.15) is 36.1 Å². The second-order valence-electron chi connectivity index (χ2n) is 5.34. The van der Waals surface area contributed by atoms with Crippen LogP contribution in [0.5, 0.6) is 0 Å². The first kappa shape index (κ1) is 12.6. The molecule has 2 nitrogen and oxygen atoms in total. The summed E-state index contributed by atoms with van der Waals surface area (Å²) >= 11 is 0. The van der Waals surface area contributed by atoms with E-state index in [0.29, 0.717) is 12.0 Å². The Hall–Kier alpha value is -0.860. The normalized spacial score (nSPS) is 25.4. The van der Waals surface area contributed by atoms with Crippen LogP contribution in [0.2, 0.25) is 0 Å². The molecule has 1 aliphatic rings. The van der Waals surface area contributed by atoms with Crippen LogP contribution in [0.25, 0.3) is 0 Å². The minimum atomic E-state index is 0.565. The van der Waals surface area contributed by atoms with Crippen LogP contribution in [0.3, 0.4) is 0 Å². The number of nitrogens with zero attached hydrogens (tertiary/aromatic N) is 1. The Kier molecular flexibility index (Phi) is 3.85. The third kappa shape index (κ3) is 2.53. The van der Waals surface area contributed by atoms with E-state index in [-0.39, 0.29) is 0 Å². The number of hydrogen-bond donors (Lipinski definition) is 1. The van der Waals surface area contributed by atoms with Gasteiger partial charge in [-0.3, -0.25) is 4.90 Å². The van der Waals surface area contributed by atoms with Crippen LogP contribution < -0.4 is 5.73 Å². The molecule has 2 unspecified atom stereocenters. The van der Waals surface area contributed by atoms with Gasteiger partial charge in [-0.25, -0.2) is 0 Å². The molecular formula is C15H24N2. The molecule has 1 aromatic carbocycles. The molecule has 0 saturated carbocycles. The van der Waals surface area contributed by atoms with Crippen LogP contribution in [-0.2, 0) is 6.42 Å². The van der Waals surface area contributed by atoms with Crippen LogP contribution in [0.4, 0.5) is 0 Å². The first-order valence-electron chi connectivity index (χ1n) is 6.65. The molecule has 1 heterocycles. The molecule has 0 amide bonds. The van der Waals surface area contributed by atoms with Gasteiger partial charge in [-0.1, -0.05) is 25.1 Å². The minimum absolute atomic E-state index is 0.565. The van der Waals surface area contributed by atoms with E-state index in [4.69, 9.17) is 5.73 Å². The van der Waals surface area contributed by atoms with E-state index < -0.39 is 0 Å². The van der Waals surface area contributed by atoms with E-state index >= 15 is 0 Å². The number of aryl methyl sites for hydroxylation is 2. The van der Waals surface area contributed by atoms with Crippen LogP contribution in [0.15, 0.2) is 18.2 Å². The maximum atomic E-state index is 5.80. The van der Waals surface area contributed by atoms with Crippen molar-refractivity contribution in [1.82, 2.24) is 4.90 Å². The van der Waals surface area contributed by atoms with E-state index in [1.54, 1.807) is 0 Å². The van der Waals surface area contributed by atoms with Gasteiger partial charge in [-0.15, -0.1) is 0 Å². The topological polar surface area (TPSA) is 29.3 Å². The second kappa shape index (κ2) is 5.19. The lowest BCUT2D eigenvalue weighted by atomic mass is 9.94. The zero-order chi connectivity index (χ0) is 12.4. The van der Waals surface area contributed by atoms with Crippen molar-refractivity contribution in [1.29, 1.82) is 0 Å². The molecule has 2 heteroatoms. The predicted molar refractivity (Wildman–Crippen MR) is 73.1 cm³/mol. The van der Waals surface area contributed by atoms with Crippen molar-refractivity contribution in [2.45, 2.75) is 32.7 Å². The lowest BCUT2D eigenvalue weighted by Crippen LogP contribution is -2.21. The van der Waals surface area contributed by atoms with Gasteiger partial charge in [0.1, 0.15) is 0 Å². The lowest BCUT2D eigenvalue weighted by molar-refractivity contribution is 0.312. The summed E-state index contributed by atoms with van der Waals surface area (Å²) in [4.78, 5) is 2.46. The van der Waals surface area contributed by atoms with Crippen molar-refractivity contribution >= 4 is 0 Å². The second-order valence-corrected chi connectivity index (χ2v) is 5.34. The van der Waals surface area contributed by atoms with E-state index in [1.165, 1.54) is 23.1 Å². The molecule has 1 fully saturated rings. The fourth-order valence-electron chi connectivity index (χ4n) is 2.91. The Labute approximate surface area is 105 Å². The summed E-state index contributed by atoms with van der Waals surface area (Å²) < 4.78 is 0. The maximum absolute atomic E-state index is 5.80. The maximum Gasteiger partial charge on any atom is 0.0351 e. The zero-order valence-corrected chi connectivity index (χ0v) is 11.2. The molecule has 0 spiro atoms. The standard InChI is InChI=1S/C15H24N2/c1-4-12-6-5-11(2)14(7-12)15-8-13(9-16)10-17(15)3/h5-7,13,15H,4,8-10,16H2,1-3H3. The summed E-state index contributed by atoms with van der Waals surface area (Å²) in [5.41, 5.74) is 10.2. The number of likely N-dealkylation sites (tertiary alicyclic amines) is 1. The third-order valence-corrected chi connectivity index (χ3v) is 4.08. The Bertz CT molecular complexity index is 387. The van der Waals surface area contributed by atoms with E-state index in [0.717, 1.165) is 19.5 Å². The van der Waals surface area contributed by atoms with E-state index in [1.807, 2.05) is 0 Å². The molecule has 1 saturated heterocycles. The van der Waals surface area contributed by atoms with Gasteiger partial charge in [0.25, 0.3) is 0 Å². The molecule has 1 aliphatic heterocycles. The predicted octanol–water partition coefficient (Wildman–Crippen LogP) is 2.51. The summed E-state index contributed by atoms with van der Waals surface area (Å²) in [5.74, 6) is 0.662. The van der Waals surface area contributed by atoms with Gasteiger partial charge in [0.2, 0.25) is 0 Å². The summed E-state index contributed by atoms with van der Waals surface area (Å²) in [5, 5.41) is 0. The Morgan fingerprint density at radius 3 is 2.76 bits per heavy atom. The van der Waals surface area contributed by atoms with Crippen LogP contribution in [-0.4, -0.2) is 25.0 Å². The molecule has 1 aromatic rings. The monoisotopic (exact) mass is 232 g/mol. The molecule has 94 valence electrons. The van der Waals surface area contributed by atoms with Crippen molar-refractivity contribution in [2.24, 2.45) is 11.7 Å². The summed E-state index contributed by atoms with van der Waals surface area (Å²) in [6.45, 7) is 6.39. The average Bonchev–Trinajstić information content (AvgIpc) is 2.71. The highest BCUT2D eigenvalue weighted by Crippen LogP contribution is 2.35. The van der Waals surface area contributed by atoms with E-state index in [2.05, 4.69) is 44.0 Å². The highest BCUT2D eigenvalue weighted by molar-refractivity contribution is 5.34. The van der Waals surface area contributed by atoms with Gasteiger partial charge in [0.15, 0.2) is 0 Å². The fourth-order valence-corrected chi connectivity index (χ4v) is 2.91. The molecule has 2 rings (SSSR count). The third-order valence-electron chi connectivity index (χ3n) is 4.08. The van der Waals surface area contributed by atoms with Crippen molar-refractivity contribution in [3.05, 3.63) is 34.9 Å². The zero-order valence-electron chi connectivity index (χ0n) is 11.2. The van der Waals surface area contributed by atoms with Gasteiger partial charge in [0.05, 0.1) is 0 Å². The Morgan fingerprint density at radius 2 is 2.18 bits per heavy atom. The SMILES string of the molecule is CCc1ccc(C)c(C2CC(CN)CN2C)c1. The molecular weight excluding hydrogens is 208 g/mol. The van der Waals surface area contributed by atoms with Gasteiger partial charge >= 0.3 is 0 Å². The number of rotatable bonds is 3. The lowest BCUT2D eigenvalue weighted by Gasteiger charge is -2.22. The first-order chi connectivity index (χ1) is 8.15. The quantitative estimate of drug-likeness (QED) is 0.867. The summed E-state index contributed by atoms with van der Waals surface area (Å²) in [6.07, 6.45) is 2.32. The van der Waals surface area contributed by atoms with Crippen LogP contribution in [0, 0.1) is 12.8 Å². The highest BCUT2D eigenvalue weighted by atomic mass is 15.2. The Morgan fingerprint density at radius 1 is 1.41 bits per heavy atom. The summed E-state index contributed by atoms with van der Waals surface area (Å²) in [7, 11) is 2.22. The van der Waals surface area contributed by atoms with E-state index in [9.17, 15) is 0 Å². The minimum Gasteiger partial charge on any atom is -0.330 e. The number of hydrogen-bond acceptors (Lipinski definition) is 2. The van der Waals surface area contributed by atoms with Crippen molar-refractivity contribution in [3.8, 4) is 0 Å². The fraction of sp³-hybridized carbons (Fsp3) is 0.600. The first-order valence-corrected chi connectivity index (χ1v) is 6.65. The van der Waals surface area contributed by atoms with Crippen molar-refractivity contribution in [3.63, 3.8) is 0 Å². The molecule has 17 heavy (non-hydrogen) atoms. The van der Waals surface area contributed by atoms with Crippen LogP contribution >= 0.6 is 0 Å². The molecule has 2 atom stereocenters. The van der Waals surface area contributed by atoms with Gasteiger partial charge in [0, 0.05) is 12.6 Å². The molecule has 0 radical (unpaired) electrons. The smallest absolute Gasteiger partial charge is 0.0351 e. The number of benzene rings is 1. The van der Waals surface area contributed by atoms with Crippen molar-refractivity contribution < 1.29 is 0 Å². The Balaban J connectivity index is 2.27. The average molecular weight is 232 g/mol. The molecule has 0 bridgehead atoms. The highest BCUT2D eigenvalue weighted by Gasteiger charge is 2.30. The molecule has 2 N–H and O–H groups in total. The molecule has 0 aliphatic carbocycles. The number of nitrogens with two attached hydrogens (primary N) is 1. The summed E-state index contributed by atoms with van der Waals surface area (Å²) in [6, 6.07) is 7.46.